The fourth-order valence-electron chi connectivity index (χ4n) is 6.22. The third-order valence-corrected chi connectivity index (χ3v) is 8.44. The molecule has 1 atom stereocenters. The van der Waals surface area contributed by atoms with Gasteiger partial charge in [0.25, 0.3) is 0 Å². The van der Waals surface area contributed by atoms with Crippen molar-refractivity contribution in [3.63, 3.8) is 0 Å². The minimum absolute atomic E-state index is 0.158. The van der Waals surface area contributed by atoms with Crippen LogP contribution in [0.4, 0.5) is 14.5 Å². The Kier molecular flexibility index (Phi) is 10.6. The molecule has 47 heavy (non-hydrogen) atoms. The lowest BCUT2D eigenvalue weighted by Gasteiger charge is -2.37. The molecular weight excluding hydrogens is 604 g/mol. The van der Waals surface area contributed by atoms with Gasteiger partial charge in [0.05, 0.1) is 17.4 Å². The van der Waals surface area contributed by atoms with E-state index in [4.69, 9.17) is 10.2 Å². The van der Waals surface area contributed by atoms with E-state index in [2.05, 4.69) is 55.8 Å². The van der Waals surface area contributed by atoms with Crippen molar-refractivity contribution in [3.05, 3.63) is 125 Å². The first-order valence-corrected chi connectivity index (χ1v) is 15.5. The number of likely N-dealkylation sites (tertiary alicyclic amines) is 1. The molecule has 1 unspecified atom stereocenters. The first-order valence-electron chi connectivity index (χ1n) is 15.5. The van der Waals surface area contributed by atoms with Crippen molar-refractivity contribution in [3.8, 4) is 5.69 Å². The summed E-state index contributed by atoms with van der Waals surface area (Å²) in [6, 6.07) is 22.0. The third-order valence-electron chi connectivity index (χ3n) is 8.44. The Bertz CT molecular complexity index is 1710. The highest BCUT2D eigenvalue weighted by Gasteiger charge is 2.31. The van der Waals surface area contributed by atoms with Crippen molar-refractivity contribution in [2.45, 2.75) is 39.2 Å². The summed E-state index contributed by atoms with van der Waals surface area (Å²) >= 11 is 0. The Balaban J connectivity index is 0.000000483. The van der Waals surface area contributed by atoms with Crippen molar-refractivity contribution in [1.29, 1.82) is 0 Å². The van der Waals surface area contributed by atoms with Crippen LogP contribution in [0.1, 0.15) is 55.0 Å². The number of piperidine rings is 1. The summed E-state index contributed by atoms with van der Waals surface area (Å²) < 4.78 is 29.5. The SMILES string of the molecule is Cc1nnc2n1-c1ccccc1N(CCCN1CCC(=C(c3ccc(F)cc3)c3ccc(F)cc3)CC1)C2C.O=C(O)/C=C/C(=O)O. The van der Waals surface area contributed by atoms with Gasteiger partial charge in [-0.2, -0.15) is 0 Å². The van der Waals surface area contributed by atoms with Crippen molar-refractivity contribution < 1.29 is 28.6 Å². The first kappa shape index (κ1) is 33.2. The number of aliphatic carboxylic acids is 2. The van der Waals surface area contributed by atoms with Crippen LogP contribution in [0.25, 0.3) is 11.3 Å². The Hall–Kier alpha value is -5.16. The van der Waals surface area contributed by atoms with Crippen LogP contribution in [0.2, 0.25) is 0 Å². The second kappa shape index (κ2) is 15.0. The second-order valence-corrected chi connectivity index (χ2v) is 11.5. The van der Waals surface area contributed by atoms with Gasteiger partial charge in [-0.3, -0.25) is 4.57 Å². The van der Waals surface area contributed by atoms with E-state index >= 15 is 0 Å². The molecule has 1 fully saturated rings. The summed E-state index contributed by atoms with van der Waals surface area (Å²) in [5.74, 6) is -1.11. The maximum atomic E-state index is 13.6. The van der Waals surface area contributed by atoms with Crippen LogP contribution in [0, 0.1) is 18.6 Å². The summed E-state index contributed by atoms with van der Waals surface area (Å²) in [6.07, 6.45) is 4.04. The molecule has 11 heteroatoms. The summed E-state index contributed by atoms with van der Waals surface area (Å²) in [6.45, 7) is 8.13. The summed E-state index contributed by atoms with van der Waals surface area (Å²) in [5.41, 5.74) is 6.78. The minimum atomic E-state index is -1.26. The maximum absolute atomic E-state index is 13.6. The molecule has 9 nitrogen and oxygen atoms in total. The molecular formula is C36H37F2N5O4. The molecule has 1 saturated heterocycles. The van der Waals surface area contributed by atoms with Gasteiger partial charge in [-0.1, -0.05) is 42.0 Å². The average Bonchev–Trinajstić information content (AvgIpc) is 3.46. The monoisotopic (exact) mass is 641 g/mol. The van der Waals surface area contributed by atoms with E-state index in [0.717, 1.165) is 79.5 Å². The predicted molar refractivity (Wildman–Crippen MR) is 175 cm³/mol. The van der Waals surface area contributed by atoms with Gasteiger partial charge in [-0.05, 0) is 92.8 Å². The van der Waals surface area contributed by atoms with Crippen LogP contribution in [-0.2, 0) is 9.59 Å². The number of nitrogens with zero attached hydrogens (tertiary/aromatic N) is 5. The van der Waals surface area contributed by atoms with Gasteiger partial charge in [0.1, 0.15) is 17.5 Å². The normalized spacial score (nSPS) is 15.9. The van der Waals surface area contributed by atoms with Crippen molar-refractivity contribution in [1.82, 2.24) is 19.7 Å². The molecule has 6 rings (SSSR count). The first-order chi connectivity index (χ1) is 22.6. The highest BCUT2D eigenvalue weighted by molar-refractivity contribution is 5.89. The number of fused-ring (bicyclic) bond motifs is 3. The number of carbonyl (C=O) groups is 2. The van der Waals surface area contributed by atoms with E-state index in [1.165, 1.54) is 35.5 Å². The van der Waals surface area contributed by atoms with Crippen LogP contribution in [0.15, 0.2) is 90.5 Å². The lowest BCUT2D eigenvalue weighted by molar-refractivity contribution is -0.134. The molecule has 2 N–H and O–H groups in total. The molecule has 0 aliphatic carbocycles. The predicted octanol–water partition coefficient (Wildman–Crippen LogP) is 6.43. The molecule has 2 aliphatic rings. The van der Waals surface area contributed by atoms with Gasteiger partial charge in [0.2, 0.25) is 0 Å². The smallest absolute Gasteiger partial charge is 0.328 e. The molecule has 244 valence electrons. The average molecular weight is 642 g/mol. The second-order valence-electron chi connectivity index (χ2n) is 11.5. The van der Waals surface area contributed by atoms with Crippen molar-refractivity contribution >= 4 is 23.2 Å². The van der Waals surface area contributed by atoms with Gasteiger partial charge in [0.15, 0.2) is 5.82 Å². The molecule has 4 aromatic rings. The number of rotatable bonds is 8. The van der Waals surface area contributed by atoms with Crippen LogP contribution < -0.4 is 4.90 Å². The Morgan fingerprint density at radius 3 is 1.87 bits per heavy atom. The summed E-state index contributed by atoms with van der Waals surface area (Å²) in [4.78, 5) is 24.1. The molecule has 2 aliphatic heterocycles. The van der Waals surface area contributed by atoms with Crippen LogP contribution in [-0.4, -0.2) is 68.0 Å². The fraction of sp³-hybridized carbons (Fsp3) is 0.278. The highest BCUT2D eigenvalue weighted by atomic mass is 19.1. The number of hydrogen-bond donors (Lipinski definition) is 2. The van der Waals surface area contributed by atoms with E-state index in [-0.39, 0.29) is 17.7 Å². The Labute approximate surface area is 272 Å². The summed E-state index contributed by atoms with van der Waals surface area (Å²) in [7, 11) is 0. The van der Waals surface area contributed by atoms with Gasteiger partial charge in [-0.15, -0.1) is 10.2 Å². The number of para-hydroxylation sites is 2. The topological polar surface area (TPSA) is 112 Å². The van der Waals surface area contributed by atoms with E-state index in [1.807, 2.05) is 31.2 Å². The minimum Gasteiger partial charge on any atom is -0.478 e. The van der Waals surface area contributed by atoms with E-state index < -0.39 is 11.9 Å². The number of hydrogen-bond acceptors (Lipinski definition) is 6. The number of anilines is 1. The molecule has 3 aromatic carbocycles. The van der Waals surface area contributed by atoms with Gasteiger partial charge >= 0.3 is 11.9 Å². The number of carboxylic acid groups (broad SMARTS) is 2. The zero-order valence-corrected chi connectivity index (χ0v) is 26.3. The van der Waals surface area contributed by atoms with Gasteiger partial charge < -0.3 is 20.0 Å². The zero-order valence-electron chi connectivity index (χ0n) is 26.3. The summed E-state index contributed by atoms with van der Waals surface area (Å²) in [5, 5.41) is 24.5. The van der Waals surface area contributed by atoms with Gasteiger partial charge in [-0.25, -0.2) is 18.4 Å². The van der Waals surface area contributed by atoms with Gasteiger partial charge in [0, 0.05) is 31.8 Å². The number of benzene rings is 3. The highest BCUT2D eigenvalue weighted by Crippen LogP contribution is 2.38. The number of carboxylic acids is 2. The largest absolute Gasteiger partial charge is 0.478 e. The van der Waals surface area contributed by atoms with Crippen molar-refractivity contribution in [2.75, 3.05) is 31.1 Å². The molecule has 3 heterocycles. The quantitative estimate of drug-likeness (QED) is 0.212. The Morgan fingerprint density at radius 1 is 0.809 bits per heavy atom. The molecule has 0 spiro atoms. The standard InChI is InChI=1S/C32H33F2N5.C4H4O4/c1-22-32-36-35-23(2)39(32)30-7-4-3-6-29(30)38(22)19-5-18-37-20-16-26(17-21-37)31(24-8-12-27(33)13-9-24)25-10-14-28(34)15-11-25;5-3(6)1-2-4(7)8/h3-4,6-15,22H,5,16-21H2,1-2H3;1-2H,(H,5,6)(H,7,8)/b;2-1+. The van der Waals surface area contributed by atoms with E-state index in [0.29, 0.717) is 12.2 Å². The lowest BCUT2D eigenvalue weighted by atomic mass is 9.88. The van der Waals surface area contributed by atoms with Crippen molar-refractivity contribution in [2.24, 2.45) is 0 Å². The molecule has 0 radical (unpaired) electrons. The fourth-order valence-corrected chi connectivity index (χ4v) is 6.22. The number of aromatic nitrogens is 3. The Morgan fingerprint density at radius 2 is 1.34 bits per heavy atom. The van der Waals surface area contributed by atoms with Crippen LogP contribution in [0.3, 0.4) is 0 Å². The molecule has 0 bridgehead atoms. The number of halogens is 2. The molecule has 1 aromatic heterocycles. The van der Waals surface area contributed by atoms with E-state index in [9.17, 15) is 18.4 Å². The molecule has 0 amide bonds. The van der Waals surface area contributed by atoms with Crippen LogP contribution >= 0.6 is 0 Å². The third kappa shape index (κ3) is 7.98. The molecule has 0 saturated carbocycles. The van der Waals surface area contributed by atoms with E-state index in [1.54, 1.807) is 0 Å². The number of aryl methyl sites for hydroxylation is 1. The van der Waals surface area contributed by atoms with Crippen LogP contribution in [0.5, 0.6) is 0 Å². The zero-order chi connectivity index (χ0) is 33.5. The maximum Gasteiger partial charge on any atom is 0.328 e. The lowest BCUT2D eigenvalue weighted by Crippen LogP contribution is -2.37.